The van der Waals surface area contributed by atoms with E-state index in [-0.39, 0.29) is 30.8 Å². The maximum atomic E-state index is 12.5. The van der Waals surface area contributed by atoms with E-state index in [9.17, 15) is 14.4 Å². The van der Waals surface area contributed by atoms with Crippen LogP contribution >= 0.6 is 0 Å². The molecule has 0 bridgehead atoms. The van der Waals surface area contributed by atoms with Crippen LogP contribution < -0.4 is 5.32 Å². The Kier molecular flexibility index (Phi) is 8.59. The number of nitrogens with zero attached hydrogens (tertiary/aromatic N) is 1. The number of benzene rings is 2. The highest BCUT2D eigenvalue weighted by atomic mass is 16.5. The number of hydrogen-bond donors (Lipinski definition) is 1. The number of hydrogen-bond acceptors (Lipinski definition) is 4. The summed E-state index contributed by atoms with van der Waals surface area (Å²) in [7, 11) is 1.67. The van der Waals surface area contributed by atoms with Gasteiger partial charge in [0.2, 0.25) is 5.91 Å². The highest BCUT2D eigenvalue weighted by Crippen LogP contribution is 2.10. The molecule has 0 aromatic heterocycles. The smallest absolute Gasteiger partial charge is 0.329 e. The van der Waals surface area contributed by atoms with E-state index in [1.54, 1.807) is 7.05 Å². The van der Waals surface area contributed by atoms with E-state index in [0.717, 1.165) is 16.7 Å². The molecule has 2 amide bonds. The van der Waals surface area contributed by atoms with Crippen LogP contribution in [0, 0.1) is 12.8 Å². The lowest BCUT2D eigenvalue weighted by molar-refractivity contribution is -0.155. The molecular formula is C24H30N2O4. The van der Waals surface area contributed by atoms with Crippen molar-refractivity contribution in [3.63, 3.8) is 0 Å². The Labute approximate surface area is 178 Å². The van der Waals surface area contributed by atoms with E-state index >= 15 is 0 Å². The number of nitrogens with one attached hydrogen (secondary N) is 1. The number of amides is 2. The second-order valence-electron chi connectivity index (χ2n) is 7.74. The molecule has 0 saturated heterocycles. The largest absolute Gasteiger partial charge is 0.454 e. The summed E-state index contributed by atoms with van der Waals surface area (Å²) in [5.41, 5.74) is 2.99. The Morgan fingerprint density at radius 2 is 1.63 bits per heavy atom. The van der Waals surface area contributed by atoms with Crippen LogP contribution in [0.3, 0.4) is 0 Å². The first-order valence-corrected chi connectivity index (χ1v) is 10.1. The van der Waals surface area contributed by atoms with Gasteiger partial charge in [0.25, 0.3) is 5.91 Å². The number of esters is 1. The van der Waals surface area contributed by atoms with Crippen molar-refractivity contribution < 1.29 is 19.1 Å². The van der Waals surface area contributed by atoms with Gasteiger partial charge in [0.15, 0.2) is 6.61 Å². The molecule has 6 heteroatoms. The number of rotatable bonds is 9. The van der Waals surface area contributed by atoms with Crippen LogP contribution in [-0.2, 0) is 32.1 Å². The van der Waals surface area contributed by atoms with Crippen LogP contribution in [0.5, 0.6) is 0 Å². The molecule has 30 heavy (non-hydrogen) atoms. The highest BCUT2D eigenvalue weighted by Gasteiger charge is 2.26. The molecule has 0 heterocycles. The average molecular weight is 411 g/mol. The van der Waals surface area contributed by atoms with Crippen molar-refractivity contribution in [2.24, 2.45) is 5.92 Å². The van der Waals surface area contributed by atoms with Gasteiger partial charge in [0.05, 0.1) is 6.42 Å². The van der Waals surface area contributed by atoms with Crippen LogP contribution in [0.15, 0.2) is 54.6 Å². The monoisotopic (exact) mass is 410 g/mol. The molecule has 160 valence electrons. The predicted molar refractivity (Wildman–Crippen MR) is 116 cm³/mol. The first-order valence-electron chi connectivity index (χ1n) is 10.1. The molecule has 2 aromatic carbocycles. The molecule has 1 atom stereocenters. The van der Waals surface area contributed by atoms with Crippen molar-refractivity contribution >= 4 is 17.8 Å². The second-order valence-corrected chi connectivity index (χ2v) is 7.74. The Morgan fingerprint density at radius 3 is 2.27 bits per heavy atom. The molecule has 0 unspecified atom stereocenters. The fourth-order valence-electron chi connectivity index (χ4n) is 2.97. The summed E-state index contributed by atoms with van der Waals surface area (Å²) >= 11 is 0. The molecule has 6 nitrogen and oxygen atoms in total. The van der Waals surface area contributed by atoms with Gasteiger partial charge in [0, 0.05) is 13.6 Å². The van der Waals surface area contributed by atoms with Gasteiger partial charge in [-0.05, 0) is 29.5 Å². The fourth-order valence-corrected chi connectivity index (χ4v) is 2.97. The standard InChI is InChI=1S/C24H30N2O4/c1-17(2)23(25-21(27)14-19-11-6-5-7-12-19)24(29)30-16-22(28)26(4)15-20-13-9-8-10-18(20)3/h5-13,17,23H,14-16H2,1-4H3,(H,25,27)/t23-/m0/s1. The van der Waals surface area contributed by atoms with E-state index < -0.39 is 12.0 Å². The maximum absolute atomic E-state index is 12.5. The van der Waals surface area contributed by atoms with Gasteiger partial charge in [0.1, 0.15) is 6.04 Å². The third-order valence-corrected chi connectivity index (χ3v) is 4.88. The third kappa shape index (κ3) is 7.03. The summed E-state index contributed by atoms with van der Waals surface area (Å²) in [6.45, 7) is 5.70. The molecule has 0 radical (unpaired) electrons. The summed E-state index contributed by atoms with van der Waals surface area (Å²) in [6.07, 6.45) is 0.176. The molecule has 0 aliphatic rings. The molecule has 2 rings (SSSR count). The lowest BCUT2D eigenvalue weighted by Crippen LogP contribution is -2.46. The minimum Gasteiger partial charge on any atom is -0.454 e. The van der Waals surface area contributed by atoms with Crippen LogP contribution in [0.1, 0.15) is 30.5 Å². The van der Waals surface area contributed by atoms with Crippen LogP contribution in [0.4, 0.5) is 0 Å². The second kappa shape index (κ2) is 11.1. The van der Waals surface area contributed by atoms with Gasteiger partial charge < -0.3 is 15.0 Å². The van der Waals surface area contributed by atoms with E-state index in [2.05, 4.69) is 5.32 Å². The van der Waals surface area contributed by atoms with Crippen LogP contribution in [0.2, 0.25) is 0 Å². The summed E-state index contributed by atoms with van der Waals surface area (Å²) in [5, 5.41) is 2.73. The van der Waals surface area contributed by atoms with Gasteiger partial charge in [-0.3, -0.25) is 9.59 Å². The van der Waals surface area contributed by atoms with E-state index in [0.29, 0.717) is 6.54 Å². The number of aryl methyl sites for hydroxylation is 1. The van der Waals surface area contributed by atoms with Crippen molar-refractivity contribution in [3.8, 4) is 0 Å². The van der Waals surface area contributed by atoms with E-state index in [4.69, 9.17) is 4.74 Å². The SMILES string of the molecule is Cc1ccccc1CN(C)C(=O)COC(=O)[C@@H](NC(=O)Cc1ccccc1)C(C)C. The molecule has 1 N–H and O–H groups in total. The first-order chi connectivity index (χ1) is 14.3. The summed E-state index contributed by atoms with van der Waals surface area (Å²) in [4.78, 5) is 38.7. The highest BCUT2D eigenvalue weighted by molar-refractivity contribution is 5.87. The molecule has 0 aliphatic carbocycles. The maximum Gasteiger partial charge on any atom is 0.329 e. The average Bonchev–Trinajstić information content (AvgIpc) is 2.72. The Morgan fingerprint density at radius 1 is 1.00 bits per heavy atom. The molecule has 0 spiro atoms. The van der Waals surface area contributed by atoms with Gasteiger partial charge >= 0.3 is 5.97 Å². The zero-order chi connectivity index (χ0) is 22.1. The fraction of sp³-hybridized carbons (Fsp3) is 0.375. The van der Waals surface area contributed by atoms with Crippen molar-refractivity contribution in [1.82, 2.24) is 10.2 Å². The number of carbonyl (C=O) groups is 3. The normalized spacial score (nSPS) is 11.6. The quantitative estimate of drug-likeness (QED) is 0.645. The summed E-state index contributed by atoms with van der Waals surface area (Å²) in [6, 6.07) is 16.3. The van der Waals surface area contributed by atoms with Gasteiger partial charge in [-0.2, -0.15) is 0 Å². The predicted octanol–water partition coefficient (Wildman–Crippen LogP) is 2.88. The molecule has 0 aliphatic heterocycles. The zero-order valence-electron chi connectivity index (χ0n) is 18.1. The summed E-state index contributed by atoms with van der Waals surface area (Å²) < 4.78 is 5.22. The summed E-state index contributed by atoms with van der Waals surface area (Å²) in [5.74, 6) is -1.34. The molecule has 0 fully saturated rings. The topological polar surface area (TPSA) is 75.7 Å². The van der Waals surface area contributed by atoms with Crippen LogP contribution in [-0.4, -0.2) is 42.4 Å². The zero-order valence-corrected chi connectivity index (χ0v) is 18.1. The number of carbonyl (C=O) groups excluding carboxylic acids is 3. The minimum absolute atomic E-state index is 0.169. The molecule has 2 aromatic rings. The number of likely N-dealkylation sites (N-methyl/N-ethyl adjacent to an activating group) is 1. The van der Waals surface area contributed by atoms with Crippen molar-refractivity contribution in [3.05, 3.63) is 71.3 Å². The van der Waals surface area contributed by atoms with Gasteiger partial charge in [-0.25, -0.2) is 4.79 Å². The van der Waals surface area contributed by atoms with E-state index in [1.807, 2.05) is 75.4 Å². The lowest BCUT2D eigenvalue weighted by Gasteiger charge is -2.22. The number of ether oxygens (including phenoxy) is 1. The van der Waals surface area contributed by atoms with Gasteiger partial charge in [-0.15, -0.1) is 0 Å². The third-order valence-electron chi connectivity index (χ3n) is 4.88. The molecule has 0 saturated carbocycles. The first kappa shape index (κ1) is 23.1. The van der Waals surface area contributed by atoms with Crippen molar-refractivity contribution in [2.45, 2.75) is 39.8 Å². The molecular weight excluding hydrogens is 380 g/mol. The Balaban J connectivity index is 1.87. The van der Waals surface area contributed by atoms with Crippen molar-refractivity contribution in [1.29, 1.82) is 0 Å². The Hall–Kier alpha value is -3.15. The lowest BCUT2D eigenvalue weighted by atomic mass is 10.0. The van der Waals surface area contributed by atoms with Crippen LogP contribution in [0.25, 0.3) is 0 Å². The van der Waals surface area contributed by atoms with Crippen molar-refractivity contribution in [2.75, 3.05) is 13.7 Å². The van der Waals surface area contributed by atoms with Gasteiger partial charge in [-0.1, -0.05) is 68.4 Å². The Bertz CT molecular complexity index is 865. The minimum atomic E-state index is -0.810. The van der Waals surface area contributed by atoms with E-state index in [1.165, 1.54) is 4.90 Å².